The lowest BCUT2D eigenvalue weighted by atomic mass is 10.1. The van der Waals surface area contributed by atoms with E-state index in [2.05, 4.69) is 44.6 Å². The predicted octanol–water partition coefficient (Wildman–Crippen LogP) is 5.26. The van der Waals surface area contributed by atoms with Crippen LogP contribution in [0.1, 0.15) is 48.5 Å². The topological polar surface area (TPSA) is 58.5 Å². The zero-order valence-electron chi connectivity index (χ0n) is 18.0. The van der Waals surface area contributed by atoms with Crippen LogP contribution in [-0.2, 0) is 24.3 Å². The first-order valence-electron chi connectivity index (χ1n) is 9.95. The van der Waals surface area contributed by atoms with E-state index in [0.717, 1.165) is 41.7 Å². The highest BCUT2D eigenvalue weighted by Gasteiger charge is 2.27. The van der Waals surface area contributed by atoms with Gasteiger partial charge in [-0.2, -0.15) is 13.2 Å². The van der Waals surface area contributed by atoms with Gasteiger partial charge < -0.3 is 15.4 Å². The largest absolute Gasteiger partial charge is 0.411 e. The number of thiazole rings is 1. The van der Waals surface area contributed by atoms with Crippen LogP contribution >= 0.6 is 35.3 Å². The van der Waals surface area contributed by atoms with Crippen molar-refractivity contribution in [2.24, 2.45) is 4.99 Å². The van der Waals surface area contributed by atoms with Gasteiger partial charge in [-0.3, -0.25) is 0 Å². The maximum atomic E-state index is 12.1. The highest BCUT2D eigenvalue weighted by molar-refractivity contribution is 14.0. The van der Waals surface area contributed by atoms with Crippen molar-refractivity contribution in [1.29, 1.82) is 0 Å². The van der Waals surface area contributed by atoms with Crippen LogP contribution in [-0.4, -0.2) is 36.8 Å². The number of halogens is 4. The minimum absolute atomic E-state index is 0. The van der Waals surface area contributed by atoms with Gasteiger partial charge in [-0.25, -0.2) is 9.98 Å². The molecule has 0 saturated carbocycles. The maximum Gasteiger partial charge on any atom is 0.411 e. The smallest absolute Gasteiger partial charge is 0.367 e. The summed E-state index contributed by atoms with van der Waals surface area (Å²) >= 11 is 1.69. The summed E-state index contributed by atoms with van der Waals surface area (Å²) in [6.07, 6.45) is -3.49. The van der Waals surface area contributed by atoms with Crippen LogP contribution < -0.4 is 10.6 Å². The monoisotopic (exact) mass is 570 g/mol. The molecular weight excluding hydrogens is 540 g/mol. The van der Waals surface area contributed by atoms with Crippen molar-refractivity contribution in [3.05, 3.63) is 51.5 Å². The van der Waals surface area contributed by atoms with Gasteiger partial charge in [-0.15, -0.1) is 35.3 Å². The lowest BCUT2D eigenvalue weighted by Gasteiger charge is -2.11. The van der Waals surface area contributed by atoms with Gasteiger partial charge in [0, 0.05) is 30.8 Å². The molecule has 0 aliphatic heterocycles. The fraction of sp³-hybridized carbons (Fsp3) is 0.524. The Hall–Kier alpha value is -1.40. The Bertz CT molecular complexity index is 795. The molecular formula is C21H30F3IN4OS. The molecule has 0 saturated heterocycles. The van der Waals surface area contributed by atoms with E-state index in [1.807, 2.05) is 19.1 Å². The Morgan fingerprint density at radius 3 is 2.42 bits per heavy atom. The number of hydrogen-bond acceptors (Lipinski definition) is 4. The number of aromatic nitrogens is 1. The first-order valence-corrected chi connectivity index (χ1v) is 10.8. The first kappa shape index (κ1) is 27.6. The van der Waals surface area contributed by atoms with E-state index in [0.29, 0.717) is 18.0 Å². The van der Waals surface area contributed by atoms with Crippen molar-refractivity contribution in [2.45, 2.75) is 52.4 Å². The van der Waals surface area contributed by atoms with Gasteiger partial charge in [0.2, 0.25) is 0 Å². The molecule has 0 spiro atoms. The molecule has 174 valence electrons. The molecule has 1 aromatic heterocycles. The predicted molar refractivity (Wildman–Crippen MR) is 130 cm³/mol. The van der Waals surface area contributed by atoms with Crippen LogP contribution in [0.25, 0.3) is 0 Å². The highest BCUT2D eigenvalue weighted by atomic mass is 127. The molecule has 5 nitrogen and oxygen atoms in total. The number of benzene rings is 1. The van der Waals surface area contributed by atoms with Crippen LogP contribution in [0, 0.1) is 0 Å². The lowest BCUT2D eigenvalue weighted by Crippen LogP contribution is -2.38. The Balaban J connectivity index is 0.00000480. The van der Waals surface area contributed by atoms with Gasteiger partial charge in [0.05, 0.1) is 23.9 Å². The summed E-state index contributed by atoms with van der Waals surface area (Å²) in [7, 11) is 0. The molecule has 10 heteroatoms. The van der Waals surface area contributed by atoms with Crippen LogP contribution in [0.2, 0.25) is 0 Å². The SMILES string of the molecule is CCNC(=NCc1ccc(COCC(F)(F)F)cc1)NCCc1csc(C(C)C)n1.I. The molecule has 2 aromatic rings. The van der Waals surface area contributed by atoms with Crippen molar-refractivity contribution in [3.63, 3.8) is 0 Å². The van der Waals surface area contributed by atoms with Gasteiger partial charge >= 0.3 is 6.18 Å². The van der Waals surface area contributed by atoms with Gasteiger partial charge in [-0.1, -0.05) is 38.1 Å². The third-order valence-corrected chi connectivity index (χ3v) is 5.25. The third-order valence-electron chi connectivity index (χ3n) is 4.06. The second-order valence-corrected chi connectivity index (χ2v) is 8.02. The van der Waals surface area contributed by atoms with Crippen molar-refractivity contribution in [1.82, 2.24) is 15.6 Å². The van der Waals surface area contributed by atoms with E-state index >= 15 is 0 Å². The summed E-state index contributed by atoms with van der Waals surface area (Å²) in [6, 6.07) is 7.22. The molecule has 0 aliphatic rings. The van der Waals surface area contributed by atoms with E-state index in [-0.39, 0.29) is 30.6 Å². The quantitative estimate of drug-likeness (QED) is 0.233. The number of rotatable bonds is 10. The van der Waals surface area contributed by atoms with E-state index in [1.54, 1.807) is 23.5 Å². The normalized spacial score (nSPS) is 12.0. The van der Waals surface area contributed by atoms with Crippen molar-refractivity contribution in [2.75, 3.05) is 19.7 Å². The average molecular weight is 570 g/mol. The number of nitrogens with one attached hydrogen (secondary N) is 2. The molecule has 0 unspecified atom stereocenters. The molecule has 0 bridgehead atoms. The molecule has 0 fully saturated rings. The van der Waals surface area contributed by atoms with Crippen LogP contribution in [0.15, 0.2) is 34.6 Å². The molecule has 1 heterocycles. The second kappa shape index (κ2) is 13.9. The van der Waals surface area contributed by atoms with Crippen molar-refractivity contribution >= 4 is 41.3 Å². The van der Waals surface area contributed by atoms with Crippen molar-refractivity contribution in [3.8, 4) is 0 Å². The van der Waals surface area contributed by atoms with E-state index in [4.69, 9.17) is 0 Å². The average Bonchev–Trinajstić information content (AvgIpc) is 3.15. The molecule has 1 aromatic carbocycles. The standard InChI is InChI=1S/C21H29F3N4OS.HI/c1-4-25-20(26-10-9-18-13-30-19(28-18)15(2)3)27-11-16-5-7-17(8-6-16)12-29-14-21(22,23)24;/h5-8,13,15H,4,9-12,14H2,1-3H3,(H2,25,26,27);1H. The third kappa shape index (κ3) is 11.2. The minimum Gasteiger partial charge on any atom is -0.367 e. The zero-order chi connectivity index (χ0) is 22.0. The number of nitrogens with zero attached hydrogens (tertiary/aromatic N) is 2. The fourth-order valence-corrected chi connectivity index (χ4v) is 3.42. The van der Waals surface area contributed by atoms with E-state index < -0.39 is 12.8 Å². The van der Waals surface area contributed by atoms with Crippen molar-refractivity contribution < 1.29 is 17.9 Å². The Labute approximate surface area is 202 Å². The Morgan fingerprint density at radius 2 is 1.84 bits per heavy atom. The summed E-state index contributed by atoms with van der Waals surface area (Å²) in [6.45, 7) is 6.91. The Kier molecular flexibility index (Phi) is 12.4. The second-order valence-electron chi connectivity index (χ2n) is 7.13. The summed E-state index contributed by atoms with van der Waals surface area (Å²) in [5.41, 5.74) is 2.74. The number of alkyl halides is 3. The number of guanidine groups is 1. The van der Waals surface area contributed by atoms with E-state index in [1.165, 1.54) is 0 Å². The fourth-order valence-electron chi connectivity index (χ4n) is 2.55. The maximum absolute atomic E-state index is 12.1. The van der Waals surface area contributed by atoms with Gasteiger partial charge in [0.25, 0.3) is 0 Å². The number of aliphatic imine (C=N–C) groups is 1. The van der Waals surface area contributed by atoms with Crippen LogP contribution in [0.4, 0.5) is 13.2 Å². The molecule has 31 heavy (non-hydrogen) atoms. The zero-order valence-corrected chi connectivity index (χ0v) is 21.1. The molecule has 0 atom stereocenters. The first-order chi connectivity index (χ1) is 14.3. The summed E-state index contributed by atoms with van der Waals surface area (Å²) in [5.74, 6) is 1.16. The molecule has 0 radical (unpaired) electrons. The van der Waals surface area contributed by atoms with Gasteiger partial charge in [0.15, 0.2) is 5.96 Å². The molecule has 2 rings (SSSR count). The van der Waals surface area contributed by atoms with Crippen LogP contribution in [0.5, 0.6) is 0 Å². The molecule has 2 N–H and O–H groups in total. The molecule has 0 aliphatic carbocycles. The van der Waals surface area contributed by atoms with Crippen LogP contribution in [0.3, 0.4) is 0 Å². The van der Waals surface area contributed by atoms with Gasteiger partial charge in [0.1, 0.15) is 6.61 Å². The number of ether oxygens (including phenoxy) is 1. The van der Waals surface area contributed by atoms with Gasteiger partial charge in [-0.05, 0) is 18.1 Å². The highest BCUT2D eigenvalue weighted by Crippen LogP contribution is 2.19. The number of hydrogen-bond donors (Lipinski definition) is 2. The summed E-state index contributed by atoms with van der Waals surface area (Å²) in [4.78, 5) is 9.20. The molecule has 0 amide bonds. The minimum atomic E-state index is -4.31. The lowest BCUT2D eigenvalue weighted by molar-refractivity contribution is -0.176. The van der Waals surface area contributed by atoms with E-state index in [9.17, 15) is 13.2 Å². The summed E-state index contributed by atoms with van der Waals surface area (Å²) in [5, 5.41) is 9.77. The summed E-state index contributed by atoms with van der Waals surface area (Å²) < 4.78 is 41.0. The Morgan fingerprint density at radius 1 is 1.16 bits per heavy atom.